The quantitative estimate of drug-likeness (QED) is 0.664. The third-order valence-electron chi connectivity index (χ3n) is 2.93. The maximum Gasteiger partial charge on any atom is 0.0310 e. The van der Waals surface area contributed by atoms with Crippen LogP contribution in [0, 0.1) is 5.92 Å². The molecule has 1 aliphatic heterocycles. The average Bonchev–Trinajstić information content (AvgIpc) is 2.68. The minimum absolute atomic E-state index is 0.563. The molecule has 0 atom stereocenters. The third kappa shape index (κ3) is 1.80. The SMILES string of the molecule is CC(C)CN1CCNC2(CC2)C1. The average molecular weight is 168 g/mol. The fourth-order valence-corrected chi connectivity index (χ4v) is 2.20. The van der Waals surface area contributed by atoms with E-state index in [-0.39, 0.29) is 0 Å². The van der Waals surface area contributed by atoms with E-state index in [1.165, 1.54) is 39.0 Å². The molecule has 0 unspecified atom stereocenters. The lowest BCUT2D eigenvalue weighted by Gasteiger charge is -2.34. The van der Waals surface area contributed by atoms with Gasteiger partial charge in [0, 0.05) is 31.7 Å². The van der Waals surface area contributed by atoms with E-state index in [4.69, 9.17) is 0 Å². The van der Waals surface area contributed by atoms with Gasteiger partial charge < -0.3 is 5.32 Å². The number of rotatable bonds is 2. The molecule has 12 heavy (non-hydrogen) atoms. The first kappa shape index (κ1) is 8.52. The summed E-state index contributed by atoms with van der Waals surface area (Å²) in [7, 11) is 0. The van der Waals surface area contributed by atoms with Crippen LogP contribution in [0.15, 0.2) is 0 Å². The fraction of sp³-hybridized carbons (Fsp3) is 1.00. The van der Waals surface area contributed by atoms with Gasteiger partial charge in [-0.05, 0) is 18.8 Å². The van der Waals surface area contributed by atoms with Gasteiger partial charge in [0.1, 0.15) is 0 Å². The van der Waals surface area contributed by atoms with Gasteiger partial charge in [0.2, 0.25) is 0 Å². The van der Waals surface area contributed by atoms with Gasteiger partial charge in [0.25, 0.3) is 0 Å². The van der Waals surface area contributed by atoms with E-state index in [0.29, 0.717) is 5.54 Å². The van der Waals surface area contributed by atoms with Crippen LogP contribution in [0.5, 0.6) is 0 Å². The molecule has 1 saturated carbocycles. The Balaban J connectivity index is 1.83. The molecule has 70 valence electrons. The zero-order chi connectivity index (χ0) is 8.60. The van der Waals surface area contributed by atoms with Gasteiger partial charge in [-0.25, -0.2) is 0 Å². The minimum Gasteiger partial charge on any atom is -0.309 e. The summed E-state index contributed by atoms with van der Waals surface area (Å²) >= 11 is 0. The van der Waals surface area contributed by atoms with Crippen LogP contribution >= 0.6 is 0 Å². The van der Waals surface area contributed by atoms with Gasteiger partial charge >= 0.3 is 0 Å². The smallest absolute Gasteiger partial charge is 0.0310 e. The highest BCUT2D eigenvalue weighted by atomic mass is 15.2. The molecule has 1 aliphatic carbocycles. The Labute approximate surface area is 75.3 Å². The lowest BCUT2D eigenvalue weighted by Crippen LogP contribution is -2.53. The third-order valence-corrected chi connectivity index (χ3v) is 2.93. The van der Waals surface area contributed by atoms with Crippen molar-refractivity contribution >= 4 is 0 Å². The van der Waals surface area contributed by atoms with Gasteiger partial charge in [-0.15, -0.1) is 0 Å². The lowest BCUT2D eigenvalue weighted by molar-refractivity contribution is 0.172. The van der Waals surface area contributed by atoms with E-state index in [1.54, 1.807) is 0 Å². The number of hydrogen-bond acceptors (Lipinski definition) is 2. The first-order chi connectivity index (χ1) is 5.70. The summed E-state index contributed by atoms with van der Waals surface area (Å²) in [6.07, 6.45) is 2.81. The van der Waals surface area contributed by atoms with Crippen LogP contribution in [0.3, 0.4) is 0 Å². The summed E-state index contributed by atoms with van der Waals surface area (Å²) in [5.41, 5.74) is 0.563. The predicted octanol–water partition coefficient (Wildman–Crippen LogP) is 1.08. The summed E-state index contributed by atoms with van der Waals surface area (Å²) in [4.78, 5) is 2.62. The Morgan fingerprint density at radius 1 is 1.42 bits per heavy atom. The van der Waals surface area contributed by atoms with E-state index in [1.807, 2.05) is 0 Å². The predicted molar refractivity (Wildman–Crippen MR) is 51.2 cm³/mol. The Morgan fingerprint density at radius 2 is 2.17 bits per heavy atom. The van der Waals surface area contributed by atoms with E-state index in [0.717, 1.165) is 5.92 Å². The molecule has 0 radical (unpaired) electrons. The lowest BCUT2D eigenvalue weighted by atomic mass is 10.1. The molecule has 2 fully saturated rings. The largest absolute Gasteiger partial charge is 0.309 e. The summed E-state index contributed by atoms with van der Waals surface area (Å²) in [5, 5.41) is 3.63. The number of piperazine rings is 1. The van der Waals surface area contributed by atoms with Crippen molar-refractivity contribution in [2.24, 2.45) is 5.92 Å². The Morgan fingerprint density at radius 3 is 2.75 bits per heavy atom. The summed E-state index contributed by atoms with van der Waals surface area (Å²) in [6, 6.07) is 0. The van der Waals surface area contributed by atoms with Crippen molar-refractivity contribution in [3.8, 4) is 0 Å². The fourth-order valence-electron chi connectivity index (χ4n) is 2.20. The molecule has 0 aromatic heterocycles. The molecule has 2 nitrogen and oxygen atoms in total. The highest BCUT2D eigenvalue weighted by Gasteiger charge is 2.45. The molecule has 0 bridgehead atoms. The molecule has 1 spiro atoms. The molecule has 2 rings (SSSR count). The first-order valence-corrected chi connectivity index (χ1v) is 5.18. The van der Waals surface area contributed by atoms with Crippen LogP contribution in [0.4, 0.5) is 0 Å². The molecule has 2 aliphatic rings. The zero-order valence-electron chi connectivity index (χ0n) is 8.27. The van der Waals surface area contributed by atoms with Gasteiger partial charge in [-0.1, -0.05) is 13.8 Å². The van der Waals surface area contributed by atoms with E-state index in [9.17, 15) is 0 Å². The number of hydrogen-bond donors (Lipinski definition) is 1. The first-order valence-electron chi connectivity index (χ1n) is 5.18. The van der Waals surface area contributed by atoms with Gasteiger partial charge in [0.05, 0.1) is 0 Å². The molecule has 0 amide bonds. The van der Waals surface area contributed by atoms with Crippen LogP contribution < -0.4 is 5.32 Å². The Kier molecular flexibility index (Phi) is 2.13. The molecule has 1 saturated heterocycles. The monoisotopic (exact) mass is 168 g/mol. The van der Waals surface area contributed by atoms with Crippen molar-refractivity contribution < 1.29 is 0 Å². The maximum atomic E-state index is 3.63. The van der Waals surface area contributed by atoms with E-state index >= 15 is 0 Å². The van der Waals surface area contributed by atoms with Crippen molar-refractivity contribution in [3.05, 3.63) is 0 Å². The Bertz CT molecular complexity index is 161. The van der Waals surface area contributed by atoms with Crippen molar-refractivity contribution in [1.82, 2.24) is 10.2 Å². The molecule has 0 aromatic rings. The van der Waals surface area contributed by atoms with Gasteiger partial charge in [-0.3, -0.25) is 4.90 Å². The van der Waals surface area contributed by atoms with E-state index in [2.05, 4.69) is 24.1 Å². The van der Waals surface area contributed by atoms with Crippen molar-refractivity contribution in [2.45, 2.75) is 32.2 Å². The Hall–Kier alpha value is -0.0800. The van der Waals surface area contributed by atoms with Crippen molar-refractivity contribution in [3.63, 3.8) is 0 Å². The second kappa shape index (κ2) is 3.00. The standard InChI is InChI=1S/C10H20N2/c1-9(2)7-12-6-5-11-10(8-12)3-4-10/h9,11H,3-8H2,1-2H3. The minimum atomic E-state index is 0.563. The van der Waals surface area contributed by atoms with E-state index < -0.39 is 0 Å². The molecule has 0 aromatic carbocycles. The van der Waals surface area contributed by atoms with Crippen LogP contribution in [-0.2, 0) is 0 Å². The molecular formula is C10H20N2. The molecule has 1 N–H and O–H groups in total. The topological polar surface area (TPSA) is 15.3 Å². The number of nitrogens with one attached hydrogen (secondary N) is 1. The van der Waals surface area contributed by atoms with Crippen LogP contribution in [0.1, 0.15) is 26.7 Å². The molecule has 2 heteroatoms. The van der Waals surface area contributed by atoms with Crippen LogP contribution in [0.2, 0.25) is 0 Å². The maximum absolute atomic E-state index is 3.63. The summed E-state index contributed by atoms with van der Waals surface area (Å²) in [5.74, 6) is 0.818. The van der Waals surface area contributed by atoms with Crippen LogP contribution in [0.25, 0.3) is 0 Å². The van der Waals surface area contributed by atoms with Crippen molar-refractivity contribution in [1.29, 1.82) is 0 Å². The van der Waals surface area contributed by atoms with Gasteiger partial charge in [0.15, 0.2) is 0 Å². The summed E-state index contributed by atoms with van der Waals surface area (Å²) < 4.78 is 0. The number of nitrogens with zero attached hydrogens (tertiary/aromatic N) is 1. The second-order valence-corrected chi connectivity index (χ2v) is 4.84. The highest BCUT2D eigenvalue weighted by molar-refractivity contribution is 5.06. The van der Waals surface area contributed by atoms with Crippen molar-refractivity contribution in [2.75, 3.05) is 26.2 Å². The second-order valence-electron chi connectivity index (χ2n) is 4.84. The van der Waals surface area contributed by atoms with Crippen LogP contribution in [-0.4, -0.2) is 36.6 Å². The molecule has 1 heterocycles. The highest BCUT2D eigenvalue weighted by Crippen LogP contribution is 2.37. The zero-order valence-corrected chi connectivity index (χ0v) is 8.27. The van der Waals surface area contributed by atoms with Gasteiger partial charge in [-0.2, -0.15) is 0 Å². The normalized spacial score (nSPS) is 28.2. The molecular weight excluding hydrogens is 148 g/mol. The summed E-state index contributed by atoms with van der Waals surface area (Å²) in [6.45, 7) is 9.64.